The molecule has 0 radical (unpaired) electrons. The lowest BCUT2D eigenvalue weighted by Crippen LogP contribution is -2.69. The third kappa shape index (κ3) is 12.1. The van der Waals surface area contributed by atoms with E-state index in [9.17, 15) is 70.6 Å². The van der Waals surface area contributed by atoms with E-state index < -0.39 is 148 Å². The number of hydrogen-bond acceptors (Lipinski definition) is 22. The highest BCUT2D eigenvalue weighted by atomic mass is 16.8. The van der Waals surface area contributed by atoms with Crippen LogP contribution in [0.1, 0.15) is 71.6 Å². The second-order valence-electron chi connectivity index (χ2n) is 17.7. The number of hydrogen-bond donors (Lipinski definition) is 14. The van der Waals surface area contributed by atoms with Crippen molar-refractivity contribution in [1.29, 1.82) is 0 Å². The summed E-state index contributed by atoms with van der Waals surface area (Å²) in [6.45, 7) is 0.128. The summed E-state index contributed by atoms with van der Waals surface area (Å²) in [5.41, 5.74) is 7.00. The molecule has 4 aliphatic rings. The average molecular weight is 973 g/mol. The molecule has 26 heteroatoms. The summed E-state index contributed by atoms with van der Waals surface area (Å²) in [5.74, 6) is -6.26. The first-order valence-electron chi connectivity index (χ1n) is 22.4. The van der Waals surface area contributed by atoms with Gasteiger partial charge in [-0.3, -0.25) is 9.59 Å². The third-order valence-electron chi connectivity index (χ3n) is 12.7. The number of phenols is 1. The summed E-state index contributed by atoms with van der Waals surface area (Å²) in [4.78, 5) is 39.8. The Kier molecular flexibility index (Phi) is 18.2. The normalized spacial score (nSPS) is 34.5. The van der Waals surface area contributed by atoms with Crippen molar-refractivity contribution in [3.8, 4) is 5.75 Å². The summed E-state index contributed by atoms with van der Waals surface area (Å²) >= 11 is 0. The molecule has 0 bridgehead atoms. The molecule has 68 heavy (non-hydrogen) atoms. The van der Waals surface area contributed by atoms with Crippen LogP contribution in [-0.4, -0.2) is 220 Å². The Labute approximate surface area is 389 Å². The van der Waals surface area contributed by atoms with Crippen LogP contribution < -0.4 is 16.4 Å². The van der Waals surface area contributed by atoms with Crippen molar-refractivity contribution >= 4 is 17.8 Å². The quantitative estimate of drug-likeness (QED) is 0.0626. The van der Waals surface area contributed by atoms with Gasteiger partial charge in [-0.2, -0.15) is 0 Å². The predicted octanol–water partition coefficient (Wildman–Crippen LogP) is -5.16. The molecule has 1 aromatic heterocycles. The number of aliphatic carboxylic acids is 1. The molecule has 1 saturated carbocycles. The standard InChI is InChI=1S/C42H64N6O20/c1-18-10-21(11-19(2)29(18)53)38(60)44-13-24(51)30(54)37-28(45-27(52)15-48-14-22(46-47-48)20-6-4-3-5-7-20)23(50)12-42(68-37,41(61)62)64-17-26-31(55)32(56)34(58)40(66-26)67-36-25(16-49)65-39(63-9-8-43)35(59)33(36)57/h10-11,14,20,23-26,28,30-37,39-40,49-51,53-59H,3-9,12-13,15-17,43H2,1-2H3,(H,44,60)(H,45,52)(H,61,62)/t23?,24-,25?,26?,28-,30-,31+,32?,33?,34+,35?,36-,37?,39-,40?,42-/m1/s1. The molecule has 26 nitrogen and oxygen atoms in total. The van der Waals surface area contributed by atoms with E-state index >= 15 is 0 Å². The Bertz CT molecular complexity index is 1990. The average Bonchev–Trinajstić information content (AvgIpc) is 3.79. The van der Waals surface area contributed by atoms with E-state index in [0.29, 0.717) is 16.8 Å². The van der Waals surface area contributed by atoms with Crippen LogP contribution in [0.25, 0.3) is 0 Å². The van der Waals surface area contributed by atoms with Crippen LogP contribution in [0.4, 0.5) is 0 Å². The summed E-state index contributed by atoms with van der Waals surface area (Å²) in [7, 11) is 0. The Morgan fingerprint density at radius 2 is 1.60 bits per heavy atom. The zero-order valence-corrected chi connectivity index (χ0v) is 37.5. The highest BCUT2D eigenvalue weighted by Crippen LogP contribution is 2.36. The molecule has 3 aliphatic heterocycles. The van der Waals surface area contributed by atoms with Gasteiger partial charge in [0.25, 0.3) is 11.7 Å². The summed E-state index contributed by atoms with van der Waals surface area (Å²) < 4.78 is 35.0. The Balaban J connectivity index is 1.19. The van der Waals surface area contributed by atoms with Crippen molar-refractivity contribution in [3.63, 3.8) is 0 Å². The molecule has 8 unspecified atom stereocenters. The first kappa shape index (κ1) is 53.3. The molecule has 3 saturated heterocycles. The fourth-order valence-corrected chi connectivity index (χ4v) is 8.88. The molecule has 15 N–H and O–H groups in total. The van der Waals surface area contributed by atoms with E-state index in [1.165, 1.54) is 16.8 Å². The molecule has 1 aliphatic carbocycles. The molecular formula is C42H64N6O20. The lowest BCUT2D eigenvalue weighted by Gasteiger charge is -2.48. The highest BCUT2D eigenvalue weighted by Gasteiger charge is 2.57. The molecule has 4 fully saturated rings. The second-order valence-corrected chi connectivity index (χ2v) is 17.7. The van der Waals surface area contributed by atoms with Gasteiger partial charge in [-0.15, -0.1) is 5.10 Å². The maximum absolute atomic E-state index is 13.5. The maximum atomic E-state index is 13.5. The molecule has 2 amide bonds. The lowest BCUT2D eigenvalue weighted by molar-refractivity contribution is -0.367. The maximum Gasteiger partial charge on any atom is 0.364 e. The number of nitrogens with zero attached hydrogens (tertiary/aromatic N) is 3. The zero-order valence-electron chi connectivity index (χ0n) is 37.5. The zero-order chi connectivity index (χ0) is 49.6. The number of benzene rings is 1. The number of ether oxygens (including phenoxy) is 6. The van der Waals surface area contributed by atoms with E-state index in [1.807, 2.05) is 0 Å². The molecule has 382 valence electrons. The van der Waals surface area contributed by atoms with Crippen LogP contribution in [0, 0.1) is 13.8 Å². The van der Waals surface area contributed by atoms with E-state index in [2.05, 4.69) is 20.9 Å². The Morgan fingerprint density at radius 3 is 2.25 bits per heavy atom. The number of phenolic OH excluding ortho intramolecular Hbond substituents is 1. The van der Waals surface area contributed by atoms with Crippen LogP contribution >= 0.6 is 0 Å². The number of carbonyl (C=O) groups is 3. The molecule has 4 heterocycles. The van der Waals surface area contributed by atoms with Gasteiger partial charge in [0, 0.05) is 37.2 Å². The topological polar surface area (TPSA) is 410 Å². The fraction of sp³-hybridized carbons (Fsp3) is 0.738. The van der Waals surface area contributed by atoms with Gasteiger partial charge in [-0.1, -0.05) is 24.5 Å². The van der Waals surface area contributed by atoms with E-state index in [1.54, 1.807) is 20.0 Å². The second kappa shape index (κ2) is 23.2. The van der Waals surface area contributed by atoms with Gasteiger partial charge in [-0.25, -0.2) is 9.48 Å². The Morgan fingerprint density at radius 1 is 0.941 bits per heavy atom. The molecule has 6 rings (SSSR count). The number of aromatic nitrogens is 3. The van der Waals surface area contributed by atoms with Crippen LogP contribution in [-0.2, 0) is 44.6 Å². The number of rotatable bonds is 19. The lowest BCUT2D eigenvalue weighted by atomic mass is 9.87. The van der Waals surface area contributed by atoms with E-state index in [4.69, 9.17) is 34.2 Å². The number of aryl methyl sites for hydroxylation is 2. The minimum atomic E-state index is -2.96. The number of aliphatic hydroxyl groups excluding tert-OH is 9. The number of nitrogens with two attached hydrogens (primary N) is 1. The van der Waals surface area contributed by atoms with Crippen molar-refractivity contribution in [1.82, 2.24) is 25.6 Å². The van der Waals surface area contributed by atoms with Gasteiger partial charge in [0.05, 0.1) is 43.8 Å². The van der Waals surface area contributed by atoms with Gasteiger partial charge >= 0.3 is 5.97 Å². The predicted molar refractivity (Wildman–Crippen MR) is 226 cm³/mol. The summed E-state index contributed by atoms with van der Waals surface area (Å²) in [5, 5.41) is 133. The monoisotopic (exact) mass is 972 g/mol. The molecule has 1 aromatic carbocycles. The van der Waals surface area contributed by atoms with Crippen molar-refractivity contribution in [2.75, 3.05) is 32.9 Å². The van der Waals surface area contributed by atoms with Gasteiger partial charge in [0.2, 0.25) is 5.91 Å². The number of aromatic hydroxyl groups is 1. The number of amides is 2. The number of aliphatic hydroxyl groups is 9. The number of carboxylic acids is 1. The van der Waals surface area contributed by atoms with Gasteiger partial charge in [0.1, 0.15) is 73.3 Å². The third-order valence-corrected chi connectivity index (χ3v) is 12.7. The minimum absolute atomic E-state index is 0.0275. The SMILES string of the molecule is Cc1cc(C(=O)NC[C@@H](O)[C@@H](O)C2O[C@@](OCC3OC(O[C@@H]4C(CO)O[C@@H](OCCN)C(O)C4O)[C@@H](O)C(O)[C@H]3O)(C(=O)O)CC(O)[C@H]2NC(=O)Cn2cc(C3CCCCC3)nn2)cc(C)c1O. The molecule has 2 aromatic rings. The van der Waals surface area contributed by atoms with Crippen molar-refractivity contribution in [2.24, 2.45) is 5.73 Å². The molecule has 0 spiro atoms. The van der Waals surface area contributed by atoms with Gasteiger partial charge < -0.3 is 101 Å². The number of carboxylic acid groups (broad SMARTS) is 1. The Hall–Kier alpha value is -4.07. The minimum Gasteiger partial charge on any atom is -0.507 e. The largest absolute Gasteiger partial charge is 0.507 e. The van der Waals surface area contributed by atoms with Crippen LogP contribution in [0.5, 0.6) is 5.75 Å². The summed E-state index contributed by atoms with van der Waals surface area (Å²) in [6.07, 6.45) is -20.5. The van der Waals surface area contributed by atoms with Crippen LogP contribution in [0.3, 0.4) is 0 Å². The number of carbonyl (C=O) groups excluding carboxylic acids is 2. The molecule has 16 atom stereocenters. The number of nitrogens with one attached hydrogen (secondary N) is 2. The van der Waals surface area contributed by atoms with Gasteiger partial charge in [-0.05, 0) is 49.9 Å². The van der Waals surface area contributed by atoms with E-state index in [-0.39, 0.29) is 30.4 Å². The smallest absolute Gasteiger partial charge is 0.364 e. The summed E-state index contributed by atoms with van der Waals surface area (Å²) in [6, 6.07) is 1.12. The van der Waals surface area contributed by atoms with Crippen molar-refractivity contribution in [3.05, 3.63) is 40.7 Å². The first-order chi connectivity index (χ1) is 32.3. The van der Waals surface area contributed by atoms with Crippen molar-refractivity contribution in [2.45, 2.75) is 162 Å². The first-order valence-corrected chi connectivity index (χ1v) is 22.4. The van der Waals surface area contributed by atoms with E-state index in [0.717, 1.165) is 32.1 Å². The van der Waals surface area contributed by atoms with Crippen LogP contribution in [0.15, 0.2) is 18.3 Å². The van der Waals surface area contributed by atoms with Crippen LogP contribution in [0.2, 0.25) is 0 Å². The van der Waals surface area contributed by atoms with Crippen molar-refractivity contribution < 1.29 is 99.0 Å². The van der Waals surface area contributed by atoms with Gasteiger partial charge in [0.15, 0.2) is 12.6 Å². The molecular weight excluding hydrogens is 908 g/mol. The fourth-order valence-electron chi connectivity index (χ4n) is 8.88. The highest BCUT2D eigenvalue weighted by molar-refractivity contribution is 5.95.